The molecule has 2 aromatic rings. The molecule has 0 saturated carbocycles. The second kappa shape index (κ2) is 6.24. The van der Waals surface area contributed by atoms with Gasteiger partial charge < -0.3 is 15.0 Å². The summed E-state index contributed by atoms with van der Waals surface area (Å²) in [5.74, 6) is 0.791. The van der Waals surface area contributed by atoms with E-state index in [9.17, 15) is 9.59 Å². The van der Waals surface area contributed by atoms with Gasteiger partial charge in [-0.25, -0.2) is 0 Å². The van der Waals surface area contributed by atoms with Gasteiger partial charge in [0.15, 0.2) is 6.10 Å². The molecule has 2 heterocycles. The lowest BCUT2D eigenvalue weighted by molar-refractivity contribution is -0.122. The monoisotopic (exact) mass is 336 g/mol. The molecule has 2 aliphatic rings. The number of hydrogen-bond donors (Lipinski definition) is 1. The first-order chi connectivity index (χ1) is 12.1. The summed E-state index contributed by atoms with van der Waals surface area (Å²) in [6.45, 7) is 2.72. The largest absolute Gasteiger partial charge is 0.480 e. The highest BCUT2D eigenvalue weighted by molar-refractivity contribution is 5.98. The van der Waals surface area contributed by atoms with Crippen LogP contribution in [-0.2, 0) is 16.0 Å². The van der Waals surface area contributed by atoms with Crippen LogP contribution in [0.1, 0.15) is 24.0 Å². The minimum Gasteiger partial charge on any atom is -0.480 e. The SMILES string of the molecule is Cc1cc(NC(=O)C2Cc3ccccc3O2)ccc1N1CCCC1=O. The number of rotatable bonds is 3. The highest BCUT2D eigenvalue weighted by Crippen LogP contribution is 2.30. The van der Waals surface area contributed by atoms with E-state index in [-0.39, 0.29) is 11.8 Å². The van der Waals surface area contributed by atoms with E-state index < -0.39 is 6.10 Å². The number of carbonyl (C=O) groups is 2. The zero-order valence-electron chi connectivity index (χ0n) is 14.1. The summed E-state index contributed by atoms with van der Waals surface area (Å²) in [6, 6.07) is 13.4. The van der Waals surface area contributed by atoms with E-state index in [1.54, 1.807) is 0 Å². The Hall–Kier alpha value is -2.82. The molecule has 1 saturated heterocycles. The number of hydrogen-bond acceptors (Lipinski definition) is 3. The van der Waals surface area contributed by atoms with E-state index in [2.05, 4.69) is 5.32 Å². The fraction of sp³-hybridized carbons (Fsp3) is 0.300. The van der Waals surface area contributed by atoms with E-state index in [1.807, 2.05) is 54.3 Å². The highest BCUT2D eigenvalue weighted by Gasteiger charge is 2.29. The van der Waals surface area contributed by atoms with Gasteiger partial charge in [-0.2, -0.15) is 0 Å². The van der Waals surface area contributed by atoms with Gasteiger partial charge in [0.1, 0.15) is 5.75 Å². The molecule has 0 aromatic heterocycles. The van der Waals surface area contributed by atoms with Gasteiger partial charge in [0.25, 0.3) is 5.91 Å². The van der Waals surface area contributed by atoms with Crippen molar-refractivity contribution in [3.8, 4) is 5.75 Å². The van der Waals surface area contributed by atoms with Crippen LogP contribution < -0.4 is 15.0 Å². The van der Waals surface area contributed by atoms with Crippen LogP contribution in [0.3, 0.4) is 0 Å². The molecule has 2 aromatic carbocycles. The third kappa shape index (κ3) is 2.97. The van der Waals surface area contributed by atoms with E-state index in [4.69, 9.17) is 4.74 Å². The zero-order valence-corrected chi connectivity index (χ0v) is 14.1. The van der Waals surface area contributed by atoms with Gasteiger partial charge >= 0.3 is 0 Å². The number of fused-ring (bicyclic) bond motifs is 1. The molecule has 0 bridgehead atoms. The molecule has 1 atom stereocenters. The Labute approximate surface area is 146 Å². The summed E-state index contributed by atoms with van der Waals surface area (Å²) < 4.78 is 5.73. The molecule has 0 spiro atoms. The molecule has 0 aliphatic carbocycles. The molecule has 1 unspecified atom stereocenters. The van der Waals surface area contributed by atoms with Crippen molar-refractivity contribution in [3.05, 3.63) is 53.6 Å². The number of aryl methyl sites for hydroxylation is 1. The van der Waals surface area contributed by atoms with Crippen LogP contribution in [0.25, 0.3) is 0 Å². The van der Waals surface area contributed by atoms with E-state index >= 15 is 0 Å². The van der Waals surface area contributed by atoms with Crippen LogP contribution in [0.2, 0.25) is 0 Å². The van der Waals surface area contributed by atoms with E-state index in [1.165, 1.54) is 0 Å². The summed E-state index contributed by atoms with van der Waals surface area (Å²) >= 11 is 0. The molecular formula is C20H20N2O3. The quantitative estimate of drug-likeness (QED) is 0.937. The molecule has 128 valence electrons. The van der Waals surface area contributed by atoms with Crippen molar-refractivity contribution in [1.82, 2.24) is 0 Å². The minimum atomic E-state index is -0.502. The standard InChI is InChI=1S/C20H20N2O3/c1-13-11-15(8-9-16(13)22-10-4-7-19(22)23)21-20(24)18-12-14-5-2-3-6-17(14)25-18/h2-3,5-6,8-9,11,18H,4,7,10,12H2,1H3,(H,21,24). The number of anilines is 2. The number of benzene rings is 2. The second-order valence-corrected chi connectivity index (χ2v) is 6.56. The van der Waals surface area contributed by atoms with Crippen LogP contribution in [0.5, 0.6) is 5.75 Å². The molecule has 0 radical (unpaired) electrons. The molecule has 5 nitrogen and oxygen atoms in total. The first kappa shape index (κ1) is 15.7. The molecule has 5 heteroatoms. The van der Waals surface area contributed by atoms with Crippen molar-refractivity contribution in [2.24, 2.45) is 0 Å². The predicted octanol–water partition coefficient (Wildman–Crippen LogP) is 3.06. The molecule has 2 aliphatic heterocycles. The van der Waals surface area contributed by atoms with Gasteiger partial charge in [0.2, 0.25) is 5.91 Å². The summed E-state index contributed by atoms with van der Waals surface area (Å²) in [5.41, 5.74) is 3.67. The first-order valence-electron chi connectivity index (χ1n) is 8.58. The van der Waals surface area contributed by atoms with Crippen LogP contribution in [0.4, 0.5) is 11.4 Å². The third-order valence-corrected chi connectivity index (χ3v) is 4.77. The van der Waals surface area contributed by atoms with Gasteiger partial charge in [0.05, 0.1) is 0 Å². The highest BCUT2D eigenvalue weighted by atomic mass is 16.5. The lowest BCUT2D eigenvalue weighted by Gasteiger charge is -2.19. The normalized spacial score (nSPS) is 18.8. The lowest BCUT2D eigenvalue weighted by atomic mass is 10.1. The lowest BCUT2D eigenvalue weighted by Crippen LogP contribution is -2.31. The van der Waals surface area contributed by atoms with Crippen LogP contribution in [0, 0.1) is 6.92 Å². The van der Waals surface area contributed by atoms with Crippen molar-refractivity contribution in [3.63, 3.8) is 0 Å². The van der Waals surface area contributed by atoms with Crippen molar-refractivity contribution in [2.45, 2.75) is 32.3 Å². The van der Waals surface area contributed by atoms with Crippen LogP contribution in [0.15, 0.2) is 42.5 Å². The predicted molar refractivity (Wildman–Crippen MR) is 96.0 cm³/mol. The van der Waals surface area contributed by atoms with Gasteiger partial charge in [0, 0.05) is 30.8 Å². The van der Waals surface area contributed by atoms with Crippen molar-refractivity contribution in [1.29, 1.82) is 0 Å². The minimum absolute atomic E-state index is 0.152. The first-order valence-corrected chi connectivity index (χ1v) is 8.58. The third-order valence-electron chi connectivity index (χ3n) is 4.77. The molecule has 1 N–H and O–H groups in total. The molecule has 4 rings (SSSR count). The maximum absolute atomic E-state index is 12.5. The maximum atomic E-state index is 12.5. The fourth-order valence-corrected chi connectivity index (χ4v) is 3.49. The number of amides is 2. The Bertz CT molecular complexity index is 822. The average Bonchev–Trinajstić information content (AvgIpc) is 3.21. The Kier molecular flexibility index (Phi) is 3.92. The summed E-state index contributed by atoms with van der Waals surface area (Å²) in [6.07, 6.45) is 1.59. The van der Waals surface area contributed by atoms with Gasteiger partial charge in [-0.15, -0.1) is 0 Å². The number of para-hydroxylation sites is 1. The Morgan fingerprint density at radius 1 is 1.24 bits per heavy atom. The summed E-state index contributed by atoms with van der Waals surface area (Å²) in [4.78, 5) is 26.2. The molecule has 1 fully saturated rings. The molecule has 25 heavy (non-hydrogen) atoms. The van der Waals surface area contributed by atoms with Crippen LogP contribution in [-0.4, -0.2) is 24.5 Å². The summed E-state index contributed by atoms with van der Waals surface area (Å²) in [5, 5.41) is 2.92. The second-order valence-electron chi connectivity index (χ2n) is 6.56. The Balaban J connectivity index is 1.46. The molecule has 2 amide bonds. The van der Waals surface area contributed by atoms with Crippen molar-refractivity contribution < 1.29 is 14.3 Å². The van der Waals surface area contributed by atoms with Crippen LogP contribution >= 0.6 is 0 Å². The van der Waals surface area contributed by atoms with E-state index in [0.717, 1.165) is 41.2 Å². The number of nitrogens with zero attached hydrogens (tertiary/aromatic N) is 1. The smallest absolute Gasteiger partial charge is 0.265 e. The van der Waals surface area contributed by atoms with Gasteiger partial charge in [-0.1, -0.05) is 18.2 Å². The van der Waals surface area contributed by atoms with Crippen molar-refractivity contribution in [2.75, 3.05) is 16.8 Å². The number of nitrogens with one attached hydrogen (secondary N) is 1. The Morgan fingerprint density at radius 2 is 2.08 bits per heavy atom. The Morgan fingerprint density at radius 3 is 2.80 bits per heavy atom. The topological polar surface area (TPSA) is 58.6 Å². The van der Waals surface area contributed by atoms with Crippen molar-refractivity contribution >= 4 is 23.2 Å². The number of ether oxygens (including phenoxy) is 1. The van der Waals surface area contributed by atoms with Gasteiger partial charge in [-0.05, 0) is 48.7 Å². The van der Waals surface area contributed by atoms with E-state index in [0.29, 0.717) is 12.8 Å². The molecular weight excluding hydrogens is 316 g/mol. The maximum Gasteiger partial charge on any atom is 0.265 e. The fourth-order valence-electron chi connectivity index (χ4n) is 3.49. The average molecular weight is 336 g/mol. The zero-order chi connectivity index (χ0) is 17.4. The number of carbonyl (C=O) groups excluding carboxylic acids is 2. The van der Waals surface area contributed by atoms with Gasteiger partial charge in [-0.3, -0.25) is 9.59 Å². The summed E-state index contributed by atoms with van der Waals surface area (Å²) in [7, 11) is 0.